The van der Waals surface area contributed by atoms with Crippen molar-refractivity contribution in [2.75, 3.05) is 18.4 Å². The topological polar surface area (TPSA) is 92.5 Å². The highest BCUT2D eigenvalue weighted by Crippen LogP contribution is 2.33. The highest BCUT2D eigenvalue weighted by Gasteiger charge is 2.43. The van der Waals surface area contributed by atoms with E-state index in [4.69, 9.17) is 9.26 Å². The lowest BCUT2D eigenvalue weighted by Gasteiger charge is -2.52. The summed E-state index contributed by atoms with van der Waals surface area (Å²) in [7, 11) is 0. The molecule has 2 aromatic heterocycles. The summed E-state index contributed by atoms with van der Waals surface area (Å²) >= 11 is 0. The molecule has 0 radical (unpaired) electrons. The van der Waals surface area contributed by atoms with Crippen LogP contribution in [0.3, 0.4) is 0 Å². The van der Waals surface area contributed by atoms with Crippen LogP contribution in [0.4, 0.5) is 10.5 Å². The van der Waals surface area contributed by atoms with Gasteiger partial charge >= 0.3 is 6.03 Å². The fraction of sp³-hybridized carbons (Fsp3) is 0.400. The number of benzene rings is 1. The van der Waals surface area contributed by atoms with Crippen molar-refractivity contribution in [1.29, 1.82) is 0 Å². The van der Waals surface area contributed by atoms with Crippen molar-refractivity contribution in [3.05, 3.63) is 65.7 Å². The molecule has 33 heavy (non-hydrogen) atoms. The standard InChI is InChI=1S/C25H29N5O3/c1-16-24(17(2)33-29-16)28-25(31)27-13-20-9-10-22-23(32-20)15-30(22)14-18-6-5-7-19(12-18)21-8-3-4-11-26-21/h3-8,11-12,20,22-23H,9-10,13-15H2,1-2H3,(H2,27,28,31)/t20-,22+,23+/m0/s1. The summed E-state index contributed by atoms with van der Waals surface area (Å²) in [6, 6.07) is 14.8. The van der Waals surface area contributed by atoms with Crippen molar-refractivity contribution >= 4 is 11.7 Å². The largest absolute Gasteiger partial charge is 0.370 e. The highest BCUT2D eigenvalue weighted by atomic mass is 16.5. The van der Waals surface area contributed by atoms with E-state index < -0.39 is 0 Å². The molecule has 2 N–H and O–H groups in total. The molecule has 2 aliphatic heterocycles. The Morgan fingerprint density at radius 3 is 2.85 bits per heavy atom. The molecule has 3 aromatic rings. The van der Waals surface area contributed by atoms with Gasteiger partial charge in [-0.2, -0.15) is 0 Å². The summed E-state index contributed by atoms with van der Waals surface area (Å²) in [4.78, 5) is 19.2. The molecule has 2 fully saturated rings. The van der Waals surface area contributed by atoms with Crippen LogP contribution in [-0.2, 0) is 11.3 Å². The number of hydrogen-bond donors (Lipinski definition) is 2. The number of carbonyl (C=O) groups excluding carboxylic acids is 1. The zero-order chi connectivity index (χ0) is 22.8. The average Bonchev–Trinajstić information content (AvgIpc) is 3.14. The van der Waals surface area contributed by atoms with Gasteiger partial charge in [-0.25, -0.2) is 4.79 Å². The van der Waals surface area contributed by atoms with Crippen LogP contribution < -0.4 is 10.6 Å². The Morgan fingerprint density at radius 1 is 1.18 bits per heavy atom. The van der Waals surface area contributed by atoms with Gasteiger partial charge in [0.05, 0.1) is 17.9 Å². The molecular weight excluding hydrogens is 418 g/mol. The van der Waals surface area contributed by atoms with E-state index in [1.165, 1.54) is 5.56 Å². The van der Waals surface area contributed by atoms with Gasteiger partial charge in [-0.15, -0.1) is 0 Å². The number of fused-ring (bicyclic) bond motifs is 1. The molecule has 0 saturated carbocycles. The Balaban J connectivity index is 1.09. The number of carbonyl (C=O) groups is 1. The summed E-state index contributed by atoms with van der Waals surface area (Å²) in [6.45, 7) is 5.89. The zero-order valence-corrected chi connectivity index (χ0v) is 19.0. The number of nitrogens with one attached hydrogen (secondary N) is 2. The number of amides is 2. The molecule has 2 saturated heterocycles. The van der Waals surface area contributed by atoms with E-state index in [0.29, 0.717) is 29.7 Å². The number of anilines is 1. The van der Waals surface area contributed by atoms with Crippen LogP contribution >= 0.6 is 0 Å². The number of urea groups is 1. The van der Waals surface area contributed by atoms with E-state index in [0.717, 1.165) is 37.2 Å². The smallest absolute Gasteiger partial charge is 0.319 e. The van der Waals surface area contributed by atoms with E-state index in [1.54, 1.807) is 13.8 Å². The molecule has 4 heterocycles. The Hall–Kier alpha value is -3.23. The van der Waals surface area contributed by atoms with E-state index >= 15 is 0 Å². The van der Waals surface area contributed by atoms with Gasteiger partial charge in [0, 0.05) is 37.4 Å². The van der Waals surface area contributed by atoms with Crippen molar-refractivity contribution in [3.8, 4) is 11.3 Å². The van der Waals surface area contributed by atoms with E-state index in [2.05, 4.69) is 49.9 Å². The molecule has 3 atom stereocenters. The summed E-state index contributed by atoms with van der Waals surface area (Å²) in [6.07, 6.45) is 4.10. The summed E-state index contributed by atoms with van der Waals surface area (Å²) in [5.41, 5.74) is 4.72. The minimum atomic E-state index is -0.266. The molecule has 2 aliphatic rings. The summed E-state index contributed by atoms with van der Waals surface area (Å²) < 4.78 is 11.3. The van der Waals surface area contributed by atoms with Crippen LogP contribution in [0.15, 0.2) is 53.2 Å². The molecule has 5 rings (SSSR count). The van der Waals surface area contributed by atoms with Crippen LogP contribution in [0.2, 0.25) is 0 Å². The third kappa shape index (κ3) is 4.77. The first-order valence-electron chi connectivity index (χ1n) is 11.4. The molecule has 8 nitrogen and oxygen atoms in total. The first-order chi connectivity index (χ1) is 16.1. The number of ether oxygens (including phenoxy) is 1. The van der Waals surface area contributed by atoms with E-state index in [1.807, 2.05) is 24.4 Å². The Labute approximate surface area is 193 Å². The molecule has 8 heteroatoms. The van der Waals surface area contributed by atoms with Gasteiger partial charge in [0.2, 0.25) is 0 Å². The lowest BCUT2D eigenvalue weighted by Crippen LogP contribution is -2.64. The Bertz CT molecular complexity index is 1100. The molecule has 172 valence electrons. The fourth-order valence-corrected chi connectivity index (χ4v) is 4.71. The Kier molecular flexibility index (Phi) is 6.11. The fourth-order valence-electron chi connectivity index (χ4n) is 4.71. The maximum atomic E-state index is 12.2. The lowest BCUT2D eigenvalue weighted by atomic mass is 9.89. The second-order valence-electron chi connectivity index (χ2n) is 8.82. The van der Waals surface area contributed by atoms with E-state index in [-0.39, 0.29) is 18.2 Å². The van der Waals surface area contributed by atoms with Gasteiger partial charge in [0.1, 0.15) is 11.4 Å². The number of hydrogen-bond acceptors (Lipinski definition) is 6. The zero-order valence-electron chi connectivity index (χ0n) is 19.0. The number of rotatable bonds is 6. The first-order valence-corrected chi connectivity index (χ1v) is 11.4. The van der Waals surface area contributed by atoms with Gasteiger partial charge in [0.15, 0.2) is 5.76 Å². The number of aromatic nitrogens is 2. The van der Waals surface area contributed by atoms with Crippen LogP contribution in [0.25, 0.3) is 11.3 Å². The van der Waals surface area contributed by atoms with Crippen molar-refractivity contribution in [2.45, 2.75) is 51.5 Å². The third-order valence-electron chi connectivity index (χ3n) is 6.50. The van der Waals surface area contributed by atoms with Crippen molar-refractivity contribution < 1.29 is 14.1 Å². The number of likely N-dealkylation sites (tertiary alicyclic amines) is 1. The SMILES string of the molecule is Cc1noc(C)c1NC(=O)NC[C@@H]1CC[C@@H]2[C@@H](CN2Cc2cccc(-c3ccccn3)c2)O1. The second kappa shape index (κ2) is 9.33. The maximum absolute atomic E-state index is 12.2. The van der Waals surface area contributed by atoms with Crippen molar-refractivity contribution in [3.63, 3.8) is 0 Å². The maximum Gasteiger partial charge on any atom is 0.319 e. The molecule has 1 aromatic carbocycles. The van der Waals surface area contributed by atoms with Crippen molar-refractivity contribution in [1.82, 2.24) is 20.4 Å². The highest BCUT2D eigenvalue weighted by molar-refractivity contribution is 5.90. The van der Waals surface area contributed by atoms with E-state index in [9.17, 15) is 4.79 Å². The lowest BCUT2D eigenvalue weighted by molar-refractivity contribution is -0.168. The first kappa shape index (κ1) is 21.6. The van der Waals surface area contributed by atoms with Gasteiger partial charge in [-0.1, -0.05) is 29.4 Å². The van der Waals surface area contributed by atoms with Crippen LogP contribution in [0.1, 0.15) is 29.9 Å². The molecular formula is C25H29N5O3. The molecule has 0 bridgehead atoms. The Morgan fingerprint density at radius 2 is 2.09 bits per heavy atom. The summed E-state index contributed by atoms with van der Waals surface area (Å²) in [5, 5.41) is 9.57. The van der Waals surface area contributed by atoms with Crippen LogP contribution in [-0.4, -0.2) is 52.4 Å². The molecule has 0 unspecified atom stereocenters. The predicted octanol–water partition coefficient (Wildman–Crippen LogP) is 3.91. The quantitative estimate of drug-likeness (QED) is 0.595. The van der Waals surface area contributed by atoms with Gasteiger partial charge < -0.3 is 19.9 Å². The average molecular weight is 448 g/mol. The summed E-state index contributed by atoms with van der Waals surface area (Å²) in [5.74, 6) is 0.597. The normalized spacial score (nSPS) is 22.3. The minimum Gasteiger partial charge on any atom is -0.370 e. The minimum absolute atomic E-state index is 0.0382. The van der Waals surface area contributed by atoms with Gasteiger partial charge in [-0.05, 0) is 50.5 Å². The molecule has 2 amide bonds. The number of aryl methyl sites for hydroxylation is 2. The third-order valence-corrected chi connectivity index (χ3v) is 6.50. The number of pyridine rings is 1. The van der Waals surface area contributed by atoms with Crippen molar-refractivity contribution in [2.24, 2.45) is 0 Å². The second-order valence-corrected chi connectivity index (χ2v) is 8.82. The number of nitrogens with zero attached hydrogens (tertiary/aromatic N) is 3. The van der Waals surface area contributed by atoms with Gasteiger partial charge in [0.25, 0.3) is 0 Å². The van der Waals surface area contributed by atoms with Crippen LogP contribution in [0.5, 0.6) is 0 Å². The van der Waals surface area contributed by atoms with Gasteiger partial charge in [-0.3, -0.25) is 9.88 Å². The van der Waals surface area contributed by atoms with Crippen LogP contribution in [0, 0.1) is 13.8 Å². The predicted molar refractivity (Wildman–Crippen MR) is 125 cm³/mol. The monoisotopic (exact) mass is 447 g/mol. The molecule has 0 aliphatic carbocycles. The molecule has 0 spiro atoms.